The lowest BCUT2D eigenvalue weighted by atomic mass is 9.77. The predicted octanol–water partition coefficient (Wildman–Crippen LogP) is 1.52. The van der Waals surface area contributed by atoms with Crippen molar-refractivity contribution in [2.45, 2.75) is 51.2 Å². The van der Waals surface area contributed by atoms with Crippen LogP contribution in [0.2, 0.25) is 0 Å². The van der Waals surface area contributed by atoms with Crippen LogP contribution in [0.5, 0.6) is 0 Å². The van der Waals surface area contributed by atoms with Crippen LogP contribution in [0.15, 0.2) is 41.3 Å². The minimum Gasteiger partial charge on any atom is -0.368 e. The Labute approximate surface area is 192 Å². The van der Waals surface area contributed by atoms with Crippen LogP contribution in [-0.2, 0) is 16.2 Å². The van der Waals surface area contributed by atoms with Gasteiger partial charge in [0.15, 0.2) is 5.82 Å². The number of anilines is 1. The average Bonchev–Trinajstić information content (AvgIpc) is 2.77. The number of nitrogens with zero attached hydrogens (tertiary/aromatic N) is 3. The van der Waals surface area contributed by atoms with Crippen LogP contribution in [0.25, 0.3) is 0 Å². The summed E-state index contributed by atoms with van der Waals surface area (Å²) in [5.74, 6) is 0.273. The van der Waals surface area contributed by atoms with Crippen molar-refractivity contribution < 1.29 is 9.63 Å². The number of rotatable bonds is 7. The first-order valence-electron chi connectivity index (χ1n) is 11.3. The molecule has 1 aromatic carbocycles. The van der Waals surface area contributed by atoms with Crippen molar-refractivity contribution in [3.05, 3.63) is 58.1 Å². The zero-order chi connectivity index (χ0) is 23.4. The number of amides is 1. The molecule has 33 heavy (non-hydrogen) atoms. The second-order valence-corrected chi connectivity index (χ2v) is 8.70. The monoisotopic (exact) mass is 453 g/mol. The summed E-state index contributed by atoms with van der Waals surface area (Å²) >= 11 is 0. The molecular weight excluding hydrogens is 422 g/mol. The molecular formula is C23H31N7O3. The maximum Gasteiger partial charge on any atom is 0.293 e. The van der Waals surface area contributed by atoms with Crippen molar-refractivity contribution in [2.24, 2.45) is 11.7 Å². The van der Waals surface area contributed by atoms with E-state index >= 15 is 0 Å². The summed E-state index contributed by atoms with van der Waals surface area (Å²) in [6, 6.07) is 9.91. The van der Waals surface area contributed by atoms with Crippen LogP contribution >= 0.6 is 0 Å². The third-order valence-corrected chi connectivity index (χ3v) is 6.37. The molecule has 10 nitrogen and oxygen atoms in total. The Hall–Kier alpha value is -3.40. The molecule has 0 radical (unpaired) electrons. The number of hydrogen-bond donors (Lipinski definition) is 4. The summed E-state index contributed by atoms with van der Waals surface area (Å²) < 4.78 is 1.44. The van der Waals surface area contributed by atoms with Crippen molar-refractivity contribution in [1.29, 1.82) is 5.41 Å². The van der Waals surface area contributed by atoms with E-state index in [0.717, 1.165) is 18.4 Å². The Balaban J connectivity index is 1.45. The van der Waals surface area contributed by atoms with Gasteiger partial charge in [-0.05, 0) is 37.7 Å². The van der Waals surface area contributed by atoms with Gasteiger partial charge in [-0.25, -0.2) is 10.0 Å². The molecule has 10 heteroatoms. The van der Waals surface area contributed by atoms with E-state index in [-0.39, 0.29) is 48.5 Å². The number of guanidine groups is 1. The maximum atomic E-state index is 13.2. The van der Waals surface area contributed by atoms with E-state index in [0.29, 0.717) is 24.6 Å². The number of carbonyl (C=O) groups excluding carboxylic acids is 1. The van der Waals surface area contributed by atoms with Crippen molar-refractivity contribution in [3.63, 3.8) is 0 Å². The molecule has 176 valence electrons. The number of aromatic nitrogens is 2. The van der Waals surface area contributed by atoms with Gasteiger partial charge >= 0.3 is 0 Å². The number of carbonyl (C=O) groups is 1. The highest BCUT2D eigenvalue weighted by Gasteiger charge is 2.30. The fourth-order valence-corrected chi connectivity index (χ4v) is 4.24. The fraction of sp³-hybridized carbons (Fsp3) is 0.478. The van der Waals surface area contributed by atoms with E-state index in [9.17, 15) is 9.59 Å². The van der Waals surface area contributed by atoms with Gasteiger partial charge in [0, 0.05) is 11.9 Å². The topological polar surface area (TPSA) is 138 Å². The smallest absolute Gasteiger partial charge is 0.293 e. The van der Waals surface area contributed by atoms with Gasteiger partial charge in [0.05, 0.1) is 25.2 Å². The summed E-state index contributed by atoms with van der Waals surface area (Å²) in [6.07, 6.45) is 5.63. The molecule has 2 unspecified atom stereocenters. The summed E-state index contributed by atoms with van der Waals surface area (Å²) in [6.45, 7) is 2.31. The third kappa shape index (κ3) is 5.33. The Morgan fingerprint density at radius 1 is 1.30 bits per heavy atom. The standard InChI is InChI=1S/C23H31N7O3/c1-15-12-26-21(28-20(17-8-5-9-17)16-6-3-2-4-7-16)22(32)29(15)13-19(31)27-18-10-11-30(23(24)25)33-14-18/h2-4,6-7,12,17-18,20H,5,8-11,13-14H2,1H3,(H3,24,25)(H,26,28)(H,27,31). The average molecular weight is 454 g/mol. The zero-order valence-corrected chi connectivity index (χ0v) is 18.8. The normalized spacial score (nSPS) is 19.4. The van der Waals surface area contributed by atoms with E-state index in [1.165, 1.54) is 16.1 Å². The first-order chi connectivity index (χ1) is 15.9. The van der Waals surface area contributed by atoms with Crippen molar-refractivity contribution in [3.8, 4) is 0 Å². The van der Waals surface area contributed by atoms with Crippen LogP contribution in [0.1, 0.15) is 43.0 Å². The Bertz CT molecular complexity index is 1040. The first kappa shape index (κ1) is 22.8. The molecule has 2 fully saturated rings. The van der Waals surface area contributed by atoms with Gasteiger partial charge in [0.1, 0.15) is 6.54 Å². The fourth-order valence-electron chi connectivity index (χ4n) is 4.24. The summed E-state index contributed by atoms with van der Waals surface area (Å²) in [7, 11) is 0. The predicted molar refractivity (Wildman–Crippen MR) is 125 cm³/mol. The second-order valence-electron chi connectivity index (χ2n) is 8.70. The molecule has 4 rings (SSSR count). The summed E-state index contributed by atoms with van der Waals surface area (Å²) in [4.78, 5) is 35.6. The lowest BCUT2D eigenvalue weighted by molar-refractivity contribution is -0.143. The van der Waals surface area contributed by atoms with E-state index < -0.39 is 0 Å². The number of benzene rings is 1. The van der Waals surface area contributed by atoms with Crippen molar-refractivity contribution >= 4 is 17.7 Å². The lowest BCUT2D eigenvalue weighted by Crippen LogP contribution is -2.50. The van der Waals surface area contributed by atoms with Gasteiger partial charge < -0.3 is 16.4 Å². The SMILES string of the molecule is Cc1cnc(NC(c2ccccc2)C2CCC2)c(=O)n1CC(=O)NC1CCN(C(=N)N)OC1. The van der Waals surface area contributed by atoms with Gasteiger partial charge in [-0.2, -0.15) is 0 Å². The Kier molecular flexibility index (Phi) is 6.93. The second kappa shape index (κ2) is 10.0. The highest BCUT2D eigenvalue weighted by molar-refractivity contribution is 5.76. The molecule has 1 saturated carbocycles. The first-order valence-corrected chi connectivity index (χ1v) is 11.3. The molecule has 2 aliphatic rings. The van der Waals surface area contributed by atoms with Gasteiger partial charge in [0.2, 0.25) is 11.9 Å². The van der Waals surface area contributed by atoms with Crippen molar-refractivity contribution in [1.82, 2.24) is 19.9 Å². The molecule has 2 atom stereocenters. The zero-order valence-electron chi connectivity index (χ0n) is 18.8. The number of aryl methyl sites for hydroxylation is 1. The van der Waals surface area contributed by atoms with Gasteiger partial charge in [0.25, 0.3) is 5.56 Å². The van der Waals surface area contributed by atoms with Crippen LogP contribution in [-0.4, -0.2) is 45.7 Å². The maximum absolute atomic E-state index is 13.2. The van der Waals surface area contributed by atoms with E-state index in [1.54, 1.807) is 13.1 Å². The van der Waals surface area contributed by atoms with Gasteiger partial charge in [-0.15, -0.1) is 0 Å². The van der Waals surface area contributed by atoms with E-state index in [4.69, 9.17) is 16.0 Å². The quantitative estimate of drug-likeness (QED) is 0.368. The largest absolute Gasteiger partial charge is 0.368 e. The molecule has 1 amide bonds. The van der Waals surface area contributed by atoms with Gasteiger partial charge in [-0.1, -0.05) is 36.8 Å². The molecule has 1 saturated heterocycles. The minimum absolute atomic E-state index is 0.00809. The van der Waals surface area contributed by atoms with Crippen LogP contribution < -0.4 is 21.9 Å². The molecule has 0 spiro atoms. The molecule has 1 aromatic heterocycles. The highest BCUT2D eigenvalue weighted by Crippen LogP contribution is 2.39. The van der Waals surface area contributed by atoms with E-state index in [1.807, 2.05) is 18.2 Å². The molecule has 5 N–H and O–H groups in total. The lowest BCUT2D eigenvalue weighted by Gasteiger charge is -2.35. The van der Waals surface area contributed by atoms with Crippen molar-refractivity contribution in [2.75, 3.05) is 18.5 Å². The van der Waals surface area contributed by atoms with Crippen LogP contribution in [0.3, 0.4) is 0 Å². The molecule has 1 aliphatic heterocycles. The Morgan fingerprint density at radius 3 is 2.67 bits per heavy atom. The summed E-state index contributed by atoms with van der Waals surface area (Å²) in [5, 5.41) is 15.0. The van der Waals surface area contributed by atoms with Gasteiger partial charge in [-0.3, -0.25) is 24.4 Å². The molecule has 1 aliphatic carbocycles. The number of nitrogens with two attached hydrogens (primary N) is 1. The third-order valence-electron chi connectivity index (χ3n) is 6.37. The highest BCUT2D eigenvalue weighted by atomic mass is 16.7. The Morgan fingerprint density at radius 2 is 2.06 bits per heavy atom. The van der Waals surface area contributed by atoms with Crippen LogP contribution in [0.4, 0.5) is 5.82 Å². The molecule has 2 aromatic rings. The molecule has 2 heterocycles. The number of hydroxylamine groups is 2. The molecule has 0 bridgehead atoms. The number of hydrogen-bond acceptors (Lipinski definition) is 6. The minimum atomic E-state index is -0.312. The van der Waals surface area contributed by atoms with E-state index in [2.05, 4.69) is 27.8 Å². The van der Waals surface area contributed by atoms with Crippen LogP contribution in [0, 0.1) is 18.3 Å². The number of nitrogens with one attached hydrogen (secondary N) is 3. The summed E-state index contributed by atoms with van der Waals surface area (Å²) in [5.41, 5.74) is 6.84.